The Balaban J connectivity index is -0.000000130. The van der Waals surface area contributed by atoms with Gasteiger partial charge >= 0.3 is 25.2 Å². The predicted octanol–water partition coefficient (Wildman–Crippen LogP) is -8.47. The van der Waals surface area contributed by atoms with Crippen molar-refractivity contribution in [2.75, 3.05) is 19.0 Å². The summed E-state index contributed by atoms with van der Waals surface area (Å²) in [6.07, 6.45) is 0. The number of nitrogens with zero attached hydrogens (tertiary/aromatic N) is 3. The Morgan fingerprint density at radius 2 is 1.00 bits per heavy atom. The van der Waals surface area contributed by atoms with E-state index < -0.39 is 32.4 Å². The van der Waals surface area contributed by atoms with Crippen LogP contribution in [0.15, 0.2) is 24.3 Å². The van der Waals surface area contributed by atoms with E-state index >= 15 is 0 Å². The van der Waals surface area contributed by atoms with Crippen LogP contribution in [0.3, 0.4) is 0 Å². The van der Waals surface area contributed by atoms with Crippen LogP contribution in [0, 0.1) is 37.7 Å². The Kier molecular flexibility index (Phi) is 26.9. The summed E-state index contributed by atoms with van der Waals surface area (Å²) in [4.78, 5) is 5.04. The van der Waals surface area contributed by atoms with Gasteiger partial charge in [-0.3, -0.25) is 0 Å². The van der Waals surface area contributed by atoms with Gasteiger partial charge in [0, 0.05) is 31.9 Å². The quantitative estimate of drug-likeness (QED) is 0.279. The third-order valence-electron chi connectivity index (χ3n) is 1.48. The number of anilines is 1. The van der Waals surface area contributed by atoms with Crippen LogP contribution in [0.2, 0.25) is 0 Å². The smallest absolute Gasteiger partial charge is 0.378 e. The largest absolute Gasteiger partial charge is 2.00 e. The van der Waals surface area contributed by atoms with Crippen LogP contribution in [0.25, 0.3) is 4.98 Å². The molecule has 12 nitrogen and oxygen atoms in total. The van der Waals surface area contributed by atoms with Gasteiger partial charge in [0.25, 0.3) is 0 Å². The first-order valence-electron chi connectivity index (χ1n) is 4.75. The molecule has 0 bridgehead atoms. The second-order valence-corrected chi connectivity index (χ2v) is 4.21. The summed E-state index contributed by atoms with van der Waals surface area (Å²) in [5.41, 5.74) is 1.67. The molecule has 0 atom stereocenters. The zero-order chi connectivity index (χ0) is 19.0. The maximum Gasteiger partial charge on any atom is 2.00 e. The van der Waals surface area contributed by atoms with Gasteiger partial charge in [-0.05, 0) is 12.1 Å². The van der Waals surface area contributed by atoms with Crippen LogP contribution in [-0.4, -0.2) is 14.1 Å². The molecule has 16 heteroatoms. The Hall–Kier alpha value is -0.427. The number of diazo groups is 1. The standard InChI is InChI=1S/C8H10N3.3ClO3.Zn/c1-11(2)8-5-3-7(10-9)4-6-8;3*2-1(3)4;/h3-6H,1-2H3;;;;/q+1;3*-1;+2. The molecule has 0 heterocycles. The molecule has 1 rings (SSSR count). The Morgan fingerprint density at radius 3 is 1.17 bits per heavy atom. The van der Waals surface area contributed by atoms with Crippen molar-refractivity contribution >= 4 is 11.4 Å². The molecule has 1 aromatic rings. The Labute approximate surface area is 158 Å². The fraction of sp³-hybridized carbons (Fsp3) is 0.250. The summed E-state index contributed by atoms with van der Waals surface area (Å²) in [5, 5.41) is 8.38. The Morgan fingerprint density at radius 1 is 0.750 bits per heavy atom. The van der Waals surface area contributed by atoms with Gasteiger partial charge < -0.3 is 46.8 Å². The summed E-state index contributed by atoms with van der Waals surface area (Å²) in [5.74, 6) is 0. The van der Waals surface area contributed by atoms with Crippen molar-refractivity contribution in [1.29, 1.82) is 5.39 Å². The van der Waals surface area contributed by atoms with Crippen LogP contribution in [0.1, 0.15) is 0 Å². The Bertz CT molecular complexity index is 397. The molecule has 24 heavy (non-hydrogen) atoms. The molecule has 1 aromatic carbocycles. The molecule has 134 valence electrons. The normalized spacial score (nSPS) is 8.54. The molecule has 0 unspecified atom stereocenters. The number of rotatable bonds is 1. The van der Waals surface area contributed by atoms with Crippen LogP contribution >= 0.6 is 0 Å². The summed E-state index contributed by atoms with van der Waals surface area (Å²) in [6.45, 7) is 0. The first kappa shape index (κ1) is 31.4. The van der Waals surface area contributed by atoms with E-state index in [1.807, 2.05) is 31.1 Å². The summed E-state index contributed by atoms with van der Waals surface area (Å²) < 4.78 is 75.7. The predicted molar refractivity (Wildman–Crippen MR) is 45.5 cm³/mol. The van der Waals surface area contributed by atoms with E-state index in [0.29, 0.717) is 5.69 Å². The molecule has 0 aliphatic rings. The van der Waals surface area contributed by atoms with Gasteiger partial charge in [0.15, 0.2) is 4.98 Å². The summed E-state index contributed by atoms with van der Waals surface area (Å²) in [6, 6.07) is 7.31. The average molecular weight is 464 g/mol. The first-order valence-corrected chi connectivity index (χ1v) is 7.53. The maximum atomic E-state index is 8.41. The second kappa shape index (κ2) is 20.6. The fourth-order valence-electron chi connectivity index (χ4n) is 0.817. The van der Waals surface area contributed by atoms with Crippen molar-refractivity contribution in [2.45, 2.75) is 0 Å². The number of halogens is 3. The molecule has 0 aromatic heterocycles. The van der Waals surface area contributed by atoms with Crippen LogP contribution in [0.4, 0.5) is 11.4 Å². The second-order valence-electron chi connectivity index (χ2n) is 3.08. The number of benzene rings is 1. The molecule has 0 saturated heterocycles. The molecule has 0 fully saturated rings. The number of hydrogen-bond acceptors (Lipinski definition) is 11. The maximum absolute atomic E-state index is 8.41. The van der Waals surface area contributed by atoms with E-state index in [4.69, 9.17) is 47.3 Å². The molecule has 0 aliphatic heterocycles. The molecule has 0 N–H and O–H groups in total. The molecule has 0 amide bonds. The van der Waals surface area contributed by atoms with Crippen molar-refractivity contribution < 1.29 is 93.8 Å². The SMILES string of the molecule is CN(C)c1ccc([N+]#N)cc1.[O-][Cl+2]([O-])[O-].[O-][Cl+2]([O-])[O-].[O-][Cl+2]([O-])[O-].[Zn+2]. The average Bonchev–Trinajstić information content (AvgIpc) is 2.36. The van der Waals surface area contributed by atoms with E-state index in [9.17, 15) is 0 Å². The molecular weight excluding hydrogens is 454 g/mol. The minimum Gasteiger partial charge on any atom is -0.378 e. The third-order valence-corrected chi connectivity index (χ3v) is 1.48. The van der Waals surface area contributed by atoms with Crippen molar-refractivity contribution in [1.82, 2.24) is 0 Å². The molecule has 0 saturated carbocycles. The molecule has 0 radical (unpaired) electrons. The zero-order valence-corrected chi connectivity index (χ0v) is 17.4. The summed E-state index contributed by atoms with van der Waals surface area (Å²) in [7, 11) is -4.63. The van der Waals surface area contributed by atoms with Crippen LogP contribution < -0.4 is 46.8 Å². The van der Waals surface area contributed by atoms with Crippen molar-refractivity contribution in [3.63, 3.8) is 0 Å². The van der Waals surface area contributed by atoms with Gasteiger partial charge in [0.05, 0.1) is 32.4 Å². The minimum absolute atomic E-state index is 0. The van der Waals surface area contributed by atoms with E-state index in [1.165, 1.54) is 0 Å². The van der Waals surface area contributed by atoms with Gasteiger partial charge in [-0.2, -0.15) is 0 Å². The molecule has 0 spiro atoms. The summed E-state index contributed by atoms with van der Waals surface area (Å²) >= 11 is 0. The zero-order valence-electron chi connectivity index (χ0n) is 12.2. The van der Waals surface area contributed by atoms with Gasteiger partial charge in [-0.1, -0.05) is 0 Å². The number of hydrogen-bond donors (Lipinski definition) is 0. The van der Waals surface area contributed by atoms with Gasteiger partial charge in [-0.25, -0.2) is 0 Å². The molecular formula is C8H10Cl3N3O9Zn. The van der Waals surface area contributed by atoms with Crippen molar-refractivity contribution in [3.8, 4) is 0 Å². The molecule has 0 aliphatic carbocycles. The van der Waals surface area contributed by atoms with Crippen molar-refractivity contribution in [3.05, 3.63) is 29.2 Å². The van der Waals surface area contributed by atoms with E-state index in [2.05, 4.69) is 4.98 Å². The van der Waals surface area contributed by atoms with Gasteiger partial charge in [0.2, 0.25) is 5.39 Å². The van der Waals surface area contributed by atoms with Gasteiger partial charge in [-0.15, -0.1) is 0 Å². The van der Waals surface area contributed by atoms with Crippen LogP contribution in [-0.2, 0) is 19.5 Å². The minimum atomic E-state index is -2.85. The van der Waals surface area contributed by atoms with Gasteiger partial charge in [0.1, 0.15) is 0 Å². The van der Waals surface area contributed by atoms with E-state index in [1.54, 1.807) is 12.1 Å². The first-order chi connectivity index (χ1) is 10.4. The topological polar surface area (TPSA) is 239 Å². The monoisotopic (exact) mass is 461 g/mol. The third kappa shape index (κ3) is 37.6. The van der Waals surface area contributed by atoms with Crippen LogP contribution in [0.5, 0.6) is 0 Å². The van der Waals surface area contributed by atoms with E-state index in [-0.39, 0.29) is 19.5 Å². The van der Waals surface area contributed by atoms with Crippen molar-refractivity contribution in [2.24, 2.45) is 0 Å². The van der Waals surface area contributed by atoms with E-state index in [0.717, 1.165) is 5.69 Å². The fourth-order valence-corrected chi connectivity index (χ4v) is 0.817.